The van der Waals surface area contributed by atoms with Crippen LogP contribution in [0.3, 0.4) is 0 Å². The maximum atomic E-state index is 12.6. The molecule has 8 heteroatoms. The minimum atomic E-state index is -0.421. The fourth-order valence-electron chi connectivity index (χ4n) is 2.19. The second-order valence-corrected chi connectivity index (χ2v) is 4.80. The van der Waals surface area contributed by atoms with Crippen molar-refractivity contribution in [1.29, 1.82) is 5.39 Å². The molecule has 0 heterocycles. The number of halogens is 1. The van der Waals surface area contributed by atoms with Gasteiger partial charge in [0.2, 0.25) is 11.1 Å². The summed E-state index contributed by atoms with van der Waals surface area (Å²) in [6, 6.07) is 10.5. The third kappa shape index (κ3) is 4.52. The summed E-state index contributed by atoms with van der Waals surface area (Å²) in [7, 11) is 0. The van der Waals surface area contributed by atoms with Crippen molar-refractivity contribution in [2.75, 3.05) is 24.3 Å². The second kappa shape index (κ2) is 9.35. The van der Waals surface area contributed by atoms with Gasteiger partial charge < -0.3 is 32.9 Å². The zero-order chi connectivity index (χ0) is 17.5. The van der Waals surface area contributed by atoms with Crippen LogP contribution >= 0.6 is 0 Å². The van der Waals surface area contributed by atoms with Gasteiger partial charge >= 0.3 is 5.69 Å². The average molecular weight is 363 g/mol. The molecule has 3 N–H and O–H groups in total. The molecule has 2 aromatic carbocycles. The van der Waals surface area contributed by atoms with Gasteiger partial charge in [-0.1, -0.05) is 18.2 Å². The third-order valence-corrected chi connectivity index (χ3v) is 3.22. The number of nitrogens with one attached hydrogen (secondary N) is 1. The Balaban J connectivity index is 0.00000312. The number of nitrogen functional groups attached to an aromatic ring is 1. The zero-order valence-electron chi connectivity index (χ0n) is 14.0. The van der Waals surface area contributed by atoms with Gasteiger partial charge in [-0.2, -0.15) is 0 Å². The normalized spacial score (nSPS) is 9.48. The fourth-order valence-corrected chi connectivity index (χ4v) is 2.19. The average Bonchev–Trinajstić information content (AvgIpc) is 2.58. The fraction of sp³-hybridized carbons (Fsp3) is 0.235. The van der Waals surface area contributed by atoms with Crippen LogP contribution in [0.25, 0.3) is 4.98 Å². The van der Waals surface area contributed by atoms with Crippen molar-refractivity contribution in [1.82, 2.24) is 0 Å². The monoisotopic (exact) mass is 362 g/mol. The van der Waals surface area contributed by atoms with Gasteiger partial charge in [-0.15, -0.1) is 0 Å². The number of para-hydroxylation sites is 1. The van der Waals surface area contributed by atoms with Crippen LogP contribution in [0.5, 0.6) is 11.5 Å². The van der Waals surface area contributed by atoms with E-state index in [9.17, 15) is 10.2 Å². The lowest BCUT2D eigenvalue weighted by molar-refractivity contribution is -0.0000139. The van der Waals surface area contributed by atoms with E-state index in [0.717, 1.165) is 0 Å². The molecule has 7 nitrogen and oxygen atoms in total. The Labute approximate surface area is 152 Å². The largest absolute Gasteiger partial charge is 1.00 e. The summed E-state index contributed by atoms with van der Waals surface area (Å²) in [6.45, 7) is 4.17. The Morgan fingerprint density at radius 2 is 1.84 bits per heavy atom. The van der Waals surface area contributed by atoms with Gasteiger partial charge in [0.25, 0.3) is 5.91 Å². The van der Waals surface area contributed by atoms with E-state index in [4.69, 9.17) is 15.2 Å². The number of nitrogens with two attached hydrogens (primary N) is 1. The number of hydrogen-bond donors (Lipinski definition) is 2. The number of diazo groups is 1. The SMILES string of the molecule is CCOc1cc(C(=O)Nc2ccccc2)c(OCC)c([N+]#N)c1N.[Cl-]. The van der Waals surface area contributed by atoms with Gasteiger partial charge in [0.1, 0.15) is 0 Å². The molecule has 0 aliphatic heterocycles. The quantitative estimate of drug-likeness (QED) is 0.584. The molecule has 0 spiro atoms. The molecule has 0 fully saturated rings. The molecule has 0 saturated heterocycles. The molecular formula is C17H19ClN4O3. The topological polar surface area (TPSA) is 102 Å². The van der Waals surface area contributed by atoms with Crippen LogP contribution in [0.2, 0.25) is 0 Å². The summed E-state index contributed by atoms with van der Waals surface area (Å²) in [5.41, 5.74) is 6.82. The van der Waals surface area contributed by atoms with Crippen molar-refractivity contribution in [3.63, 3.8) is 0 Å². The van der Waals surface area contributed by atoms with Crippen molar-refractivity contribution >= 4 is 23.0 Å². The first kappa shape index (κ1) is 20.1. The molecular weight excluding hydrogens is 344 g/mol. The van der Waals surface area contributed by atoms with Gasteiger partial charge in [0.05, 0.1) is 18.8 Å². The maximum Gasteiger partial charge on any atom is 0.453 e. The smallest absolute Gasteiger partial charge is 0.453 e. The Morgan fingerprint density at radius 3 is 2.40 bits per heavy atom. The van der Waals surface area contributed by atoms with Crippen LogP contribution in [0.15, 0.2) is 36.4 Å². The van der Waals surface area contributed by atoms with Gasteiger partial charge in [-0.3, -0.25) is 4.79 Å². The van der Waals surface area contributed by atoms with Crippen LogP contribution in [0.4, 0.5) is 17.1 Å². The summed E-state index contributed by atoms with van der Waals surface area (Å²) in [5.74, 6) is -0.0585. The Morgan fingerprint density at radius 1 is 1.20 bits per heavy atom. The number of rotatable bonds is 6. The highest BCUT2D eigenvalue weighted by atomic mass is 35.5. The van der Waals surface area contributed by atoms with Crippen LogP contribution in [0, 0.1) is 5.39 Å². The molecule has 0 bridgehead atoms. The Bertz CT molecular complexity index is 776. The van der Waals surface area contributed by atoms with Crippen molar-refractivity contribution in [3.8, 4) is 11.5 Å². The van der Waals surface area contributed by atoms with Crippen LogP contribution in [0.1, 0.15) is 24.2 Å². The molecule has 25 heavy (non-hydrogen) atoms. The lowest BCUT2D eigenvalue weighted by Crippen LogP contribution is -3.00. The van der Waals surface area contributed by atoms with Gasteiger partial charge in [-0.25, -0.2) is 0 Å². The molecule has 132 valence electrons. The summed E-state index contributed by atoms with van der Waals surface area (Å²) >= 11 is 0. The minimum Gasteiger partial charge on any atom is -1.00 e. The summed E-state index contributed by atoms with van der Waals surface area (Å²) < 4.78 is 10.9. The van der Waals surface area contributed by atoms with E-state index >= 15 is 0 Å². The number of benzene rings is 2. The first-order valence-electron chi connectivity index (χ1n) is 7.55. The lowest BCUT2D eigenvalue weighted by atomic mass is 10.1. The first-order chi connectivity index (χ1) is 11.6. The number of ether oxygens (including phenoxy) is 2. The predicted molar refractivity (Wildman–Crippen MR) is 92.3 cm³/mol. The molecule has 0 aliphatic carbocycles. The summed E-state index contributed by atoms with van der Waals surface area (Å²) in [6.07, 6.45) is 0. The summed E-state index contributed by atoms with van der Waals surface area (Å²) in [5, 5.41) is 12.1. The highest BCUT2D eigenvalue weighted by Crippen LogP contribution is 2.43. The Hall–Kier alpha value is -2.98. The predicted octanol–water partition coefficient (Wildman–Crippen LogP) is 0.807. The number of amides is 1. The van der Waals surface area contributed by atoms with Crippen molar-refractivity contribution < 1.29 is 26.7 Å². The van der Waals surface area contributed by atoms with Crippen LogP contribution in [-0.4, -0.2) is 19.1 Å². The van der Waals surface area contributed by atoms with Gasteiger partial charge in [-0.05, 0) is 32.0 Å². The van der Waals surface area contributed by atoms with Crippen molar-refractivity contribution in [2.24, 2.45) is 0 Å². The van der Waals surface area contributed by atoms with Crippen LogP contribution < -0.4 is 32.9 Å². The molecule has 0 unspecified atom stereocenters. The van der Waals surface area contributed by atoms with E-state index in [-0.39, 0.29) is 47.5 Å². The molecule has 0 aliphatic rings. The molecule has 0 radical (unpaired) electrons. The third-order valence-electron chi connectivity index (χ3n) is 3.22. The lowest BCUT2D eigenvalue weighted by Gasteiger charge is -2.12. The van der Waals surface area contributed by atoms with Crippen molar-refractivity contribution in [2.45, 2.75) is 13.8 Å². The number of hydrogen-bond acceptors (Lipinski definition) is 5. The molecule has 2 rings (SSSR count). The van der Waals surface area contributed by atoms with E-state index in [1.54, 1.807) is 26.0 Å². The van der Waals surface area contributed by atoms with Crippen LogP contribution in [-0.2, 0) is 0 Å². The zero-order valence-corrected chi connectivity index (χ0v) is 14.7. The first-order valence-corrected chi connectivity index (χ1v) is 7.55. The maximum absolute atomic E-state index is 12.6. The molecule has 1 amide bonds. The highest BCUT2D eigenvalue weighted by Gasteiger charge is 2.31. The van der Waals surface area contributed by atoms with E-state index in [0.29, 0.717) is 12.3 Å². The van der Waals surface area contributed by atoms with Crippen molar-refractivity contribution in [3.05, 3.63) is 46.9 Å². The van der Waals surface area contributed by atoms with E-state index in [1.165, 1.54) is 6.07 Å². The number of nitrogens with zero attached hydrogens (tertiary/aromatic N) is 2. The summed E-state index contributed by atoms with van der Waals surface area (Å²) in [4.78, 5) is 15.8. The molecule has 0 aromatic heterocycles. The van der Waals surface area contributed by atoms with Gasteiger partial charge in [0.15, 0.2) is 16.4 Å². The van der Waals surface area contributed by atoms with E-state index in [2.05, 4.69) is 10.3 Å². The highest BCUT2D eigenvalue weighted by molar-refractivity contribution is 6.09. The molecule has 2 aromatic rings. The number of anilines is 2. The Kier molecular flexibility index (Phi) is 7.50. The van der Waals surface area contributed by atoms with Gasteiger partial charge in [0, 0.05) is 5.69 Å². The number of carbonyl (C=O) groups excluding carboxylic acids is 1. The second-order valence-electron chi connectivity index (χ2n) is 4.80. The standard InChI is InChI=1S/C17H18N4O3.ClH/c1-3-23-13-10-12(16(24-4-2)15(21-19)14(13)18)17(22)20-11-8-6-5-7-9-11;/h5-10H,3-4H2,1-2H3,(H2-,18,20,22);1H. The van der Waals surface area contributed by atoms with E-state index in [1.807, 2.05) is 18.2 Å². The minimum absolute atomic E-state index is 0. The number of carbonyl (C=O) groups is 1. The van der Waals surface area contributed by atoms with E-state index < -0.39 is 5.91 Å². The molecule has 0 saturated carbocycles. The molecule has 0 atom stereocenters.